The molecule has 0 fully saturated rings. The van der Waals surface area contributed by atoms with Crippen molar-refractivity contribution >= 4 is 29.1 Å². The van der Waals surface area contributed by atoms with Gasteiger partial charge in [-0.05, 0) is 32.0 Å². The molecule has 94 valence electrons. The Bertz CT molecular complexity index is 409. The van der Waals surface area contributed by atoms with Crippen molar-refractivity contribution in [2.24, 2.45) is 0 Å². The molecule has 1 amide bonds. The fourth-order valence-corrected chi connectivity index (χ4v) is 1.86. The molecular formula is C12H14Cl2FNO. The lowest BCUT2D eigenvalue weighted by molar-refractivity contribution is 0.0713. The Morgan fingerprint density at radius 1 is 1.47 bits per heavy atom. The molecular weight excluding hydrogens is 264 g/mol. The normalized spacial score (nSPS) is 10.7. The molecule has 17 heavy (non-hydrogen) atoms. The maximum Gasteiger partial charge on any atom is 0.257 e. The van der Waals surface area contributed by atoms with E-state index in [9.17, 15) is 9.18 Å². The Morgan fingerprint density at radius 2 is 2.12 bits per heavy atom. The van der Waals surface area contributed by atoms with E-state index in [0.717, 1.165) is 0 Å². The number of hydrogen-bond acceptors (Lipinski definition) is 1. The fraction of sp³-hybridized carbons (Fsp3) is 0.417. The van der Waals surface area contributed by atoms with Crippen molar-refractivity contribution in [3.05, 3.63) is 34.6 Å². The van der Waals surface area contributed by atoms with Crippen LogP contribution in [0.5, 0.6) is 0 Å². The van der Waals surface area contributed by atoms with Gasteiger partial charge in [0.25, 0.3) is 5.91 Å². The summed E-state index contributed by atoms with van der Waals surface area (Å²) in [4.78, 5) is 13.6. The zero-order valence-electron chi connectivity index (χ0n) is 9.71. The Kier molecular flexibility index (Phi) is 5.22. The van der Waals surface area contributed by atoms with Crippen molar-refractivity contribution in [2.75, 3.05) is 12.4 Å². The molecule has 0 N–H and O–H groups in total. The Hall–Kier alpha value is -0.800. The summed E-state index contributed by atoms with van der Waals surface area (Å²) in [6.07, 6.45) is 0. The maximum absolute atomic E-state index is 13.5. The molecule has 5 heteroatoms. The van der Waals surface area contributed by atoms with E-state index in [-0.39, 0.29) is 17.5 Å². The van der Waals surface area contributed by atoms with Crippen LogP contribution in [-0.2, 0) is 0 Å². The minimum atomic E-state index is -0.570. The summed E-state index contributed by atoms with van der Waals surface area (Å²) in [5, 5.41) is 0.337. The van der Waals surface area contributed by atoms with Crippen LogP contribution in [0.2, 0.25) is 5.02 Å². The number of carbonyl (C=O) groups is 1. The number of benzene rings is 1. The summed E-state index contributed by atoms with van der Waals surface area (Å²) in [5.41, 5.74) is -0.0173. The van der Waals surface area contributed by atoms with Gasteiger partial charge in [-0.15, -0.1) is 11.6 Å². The lowest BCUT2D eigenvalue weighted by Crippen LogP contribution is -2.38. The molecule has 0 aliphatic rings. The van der Waals surface area contributed by atoms with Gasteiger partial charge in [-0.2, -0.15) is 0 Å². The second-order valence-corrected chi connectivity index (χ2v) is 4.72. The van der Waals surface area contributed by atoms with Gasteiger partial charge in [-0.3, -0.25) is 4.79 Å². The highest BCUT2D eigenvalue weighted by Crippen LogP contribution is 2.17. The van der Waals surface area contributed by atoms with Crippen molar-refractivity contribution in [3.63, 3.8) is 0 Å². The molecule has 1 rings (SSSR count). The van der Waals surface area contributed by atoms with Gasteiger partial charge in [0.15, 0.2) is 0 Å². The van der Waals surface area contributed by atoms with Crippen LogP contribution in [0.3, 0.4) is 0 Å². The van der Waals surface area contributed by atoms with Crippen LogP contribution in [0.4, 0.5) is 4.39 Å². The molecule has 0 aliphatic carbocycles. The molecule has 1 aromatic carbocycles. The largest absolute Gasteiger partial charge is 0.335 e. The van der Waals surface area contributed by atoms with Crippen LogP contribution in [0.1, 0.15) is 24.2 Å². The fourth-order valence-electron chi connectivity index (χ4n) is 1.50. The van der Waals surface area contributed by atoms with Crippen molar-refractivity contribution in [2.45, 2.75) is 19.9 Å². The molecule has 0 heterocycles. The van der Waals surface area contributed by atoms with Crippen LogP contribution in [0.25, 0.3) is 0 Å². The van der Waals surface area contributed by atoms with E-state index in [1.54, 1.807) is 0 Å². The van der Waals surface area contributed by atoms with Gasteiger partial charge < -0.3 is 4.90 Å². The van der Waals surface area contributed by atoms with Crippen molar-refractivity contribution in [1.82, 2.24) is 4.90 Å². The number of halogens is 3. The van der Waals surface area contributed by atoms with Gasteiger partial charge >= 0.3 is 0 Å². The summed E-state index contributed by atoms with van der Waals surface area (Å²) in [5.74, 6) is -0.646. The Morgan fingerprint density at radius 3 is 2.65 bits per heavy atom. The van der Waals surface area contributed by atoms with E-state index in [2.05, 4.69) is 0 Å². The summed E-state index contributed by atoms with van der Waals surface area (Å²) < 4.78 is 13.5. The molecule has 0 aliphatic heterocycles. The van der Waals surface area contributed by atoms with Crippen molar-refractivity contribution in [3.8, 4) is 0 Å². The SMILES string of the molecule is CC(C)N(CCCl)C(=O)c1cc(Cl)ccc1F. The Labute approximate surface area is 110 Å². The molecule has 0 unspecified atom stereocenters. The molecule has 0 radical (unpaired) electrons. The van der Waals surface area contributed by atoms with E-state index in [4.69, 9.17) is 23.2 Å². The molecule has 0 bridgehead atoms. The number of carbonyl (C=O) groups excluding carboxylic acids is 1. The topological polar surface area (TPSA) is 20.3 Å². The Balaban J connectivity index is 3.04. The van der Waals surface area contributed by atoms with Gasteiger partial charge in [0.2, 0.25) is 0 Å². The number of alkyl halides is 1. The predicted octanol–water partition coefficient (Wildman–Crippen LogP) is 3.57. The first-order valence-corrected chi connectivity index (χ1v) is 6.20. The summed E-state index contributed by atoms with van der Waals surface area (Å²) >= 11 is 11.4. The molecule has 2 nitrogen and oxygen atoms in total. The monoisotopic (exact) mass is 277 g/mol. The standard InChI is InChI=1S/C12H14Cl2FNO/c1-8(2)16(6-5-13)12(17)10-7-9(14)3-4-11(10)15/h3-4,7-8H,5-6H2,1-2H3. The lowest BCUT2D eigenvalue weighted by atomic mass is 10.1. The highest BCUT2D eigenvalue weighted by Gasteiger charge is 2.21. The first-order chi connectivity index (χ1) is 7.97. The quantitative estimate of drug-likeness (QED) is 0.771. The number of hydrogen-bond donors (Lipinski definition) is 0. The summed E-state index contributed by atoms with van der Waals surface area (Å²) in [6.45, 7) is 4.09. The first kappa shape index (κ1) is 14.3. The van der Waals surface area contributed by atoms with Gasteiger partial charge in [0.05, 0.1) is 5.56 Å². The highest BCUT2D eigenvalue weighted by molar-refractivity contribution is 6.31. The third-order valence-corrected chi connectivity index (χ3v) is 2.77. The minimum absolute atomic E-state index is 0.0173. The lowest BCUT2D eigenvalue weighted by Gasteiger charge is -2.26. The average molecular weight is 278 g/mol. The van der Waals surface area contributed by atoms with Gasteiger partial charge in [0, 0.05) is 23.5 Å². The maximum atomic E-state index is 13.5. The summed E-state index contributed by atoms with van der Waals surface area (Å²) in [7, 11) is 0. The predicted molar refractivity (Wildman–Crippen MR) is 68.3 cm³/mol. The van der Waals surface area contributed by atoms with Crippen molar-refractivity contribution < 1.29 is 9.18 Å². The van der Waals surface area contributed by atoms with Crippen molar-refractivity contribution in [1.29, 1.82) is 0 Å². The number of nitrogens with zero attached hydrogens (tertiary/aromatic N) is 1. The van der Waals surface area contributed by atoms with Gasteiger partial charge in [0.1, 0.15) is 5.82 Å². The number of rotatable bonds is 4. The molecule has 0 spiro atoms. The van der Waals surface area contributed by atoms with Crippen LogP contribution < -0.4 is 0 Å². The molecule has 0 atom stereocenters. The zero-order valence-corrected chi connectivity index (χ0v) is 11.2. The second kappa shape index (κ2) is 6.22. The van der Waals surface area contributed by atoms with Crippen LogP contribution >= 0.6 is 23.2 Å². The third kappa shape index (κ3) is 3.58. The average Bonchev–Trinajstić information content (AvgIpc) is 2.28. The molecule has 1 aromatic rings. The second-order valence-electron chi connectivity index (χ2n) is 3.91. The van der Waals surface area contributed by atoms with Crippen LogP contribution in [0.15, 0.2) is 18.2 Å². The van der Waals surface area contributed by atoms with Gasteiger partial charge in [-0.1, -0.05) is 11.6 Å². The highest BCUT2D eigenvalue weighted by atomic mass is 35.5. The third-order valence-electron chi connectivity index (χ3n) is 2.37. The van der Waals surface area contributed by atoms with E-state index >= 15 is 0 Å². The molecule has 0 saturated heterocycles. The molecule has 0 aromatic heterocycles. The number of amides is 1. The van der Waals surface area contributed by atoms with E-state index in [1.807, 2.05) is 13.8 Å². The summed E-state index contributed by atoms with van der Waals surface area (Å²) in [6, 6.07) is 3.90. The van der Waals surface area contributed by atoms with Gasteiger partial charge in [-0.25, -0.2) is 4.39 Å². The van der Waals surface area contributed by atoms with E-state index in [1.165, 1.54) is 23.1 Å². The first-order valence-electron chi connectivity index (χ1n) is 5.29. The zero-order chi connectivity index (χ0) is 13.0. The minimum Gasteiger partial charge on any atom is -0.335 e. The van der Waals surface area contributed by atoms with E-state index < -0.39 is 5.82 Å². The molecule has 0 saturated carbocycles. The smallest absolute Gasteiger partial charge is 0.257 e. The van der Waals surface area contributed by atoms with Crippen LogP contribution in [-0.4, -0.2) is 29.3 Å². The van der Waals surface area contributed by atoms with E-state index in [0.29, 0.717) is 17.4 Å². The van der Waals surface area contributed by atoms with Crippen LogP contribution in [0, 0.1) is 5.82 Å².